The third-order valence-electron chi connectivity index (χ3n) is 5.07. The molecule has 0 amide bonds. The molecule has 0 radical (unpaired) electrons. The van der Waals surface area contributed by atoms with Gasteiger partial charge in [0.25, 0.3) is 0 Å². The first kappa shape index (κ1) is 27.1. The second-order valence-electron chi connectivity index (χ2n) is 7.71. The molecule has 0 aliphatic heterocycles. The van der Waals surface area contributed by atoms with Gasteiger partial charge in [-0.05, 0) is 61.9 Å². The number of esters is 1. The quantitative estimate of drug-likeness (QED) is 0.378. The van der Waals surface area contributed by atoms with Crippen LogP contribution in [0.5, 0.6) is 0 Å². The molecule has 0 spiro atoms. The van der Waals surface area contributed by atoms with Gasteiger partial charge >= 0.3 is 11.9 Å². The molecule has 166 valence electrons. The zero-order valence-corrected chi connectivity index (χ0v) is 18.8. The first-order valence-corrected chi connectivity index (χ1v) is 10.6. The van der Waals surface area contributed by atoms with E-state index in [9.17, 15) is 14.7 Å². The molecule has 6 heteroatoms. The van der Waals surface area contributed by atoms with Gasteiger partial charge < -0.3 is 21.3 Å². The van der Waals surface area contributed by atoms with Gasteiger partial charge in [0, 0.05) is 6.54 Å². The number of nitrogens with two attached hydrogens (primary N) is 2. The second-order valence-corrected chi connectivity index (χ2v) is 7.71. The molecule has 29 heavy (non-hydrogen) atoms. The predicted octanol–water partition coefficient (Wildman–Crippen LogP) is 3.84. The molecule has 0 bridgehead atoms. The van der Waals surface area contributed by atoms with Crippen LogP contribution in [0, 0.1) is 25.7 Å². The van der Waals surface area contributed by atoms with E-state index in [-0.39, 0.29) is 11.9 Å². The lowest BCUT2D eigenvalue weighted by Crippen LogP contribution is -2.17. The average molecular weight is 409 g/mol. The maximum absolute atomic E-state index is 11.4. The summed E-state index contributed by atoms with van der Waals surface area (Å²) in [5.74, 6) is -0.503. The Morgan fingerprint density at radius 3 is 2.24 bits per heavy atom. The molecule has 1 aromatic rings. The van der Waals surface area contributed by atoms with E-state index in [1.165, 1.54) is 5.56 Å². The van der Waals surface area contributed by atoms with Crippen molar-refractivity contribution in [3.63, 3.8) is 0 Å². The Balaban J connectivity index is 0.000000734. The smallest absolute Gasteiger partial charge is 0.335 e. The molecule has 0 aliphatic carbocycles. The van der Waals surface area contributed by atoms with E-state index < -0.39 is 5.97 Å². The molecule has 0 fully saturated rings. The van der Waals surface area contributed by atoms with Gasteiger partial charge in [0.05, 0.1) is 11.5 Å². The van der Waals surface area contributed by atoms with E-state index in [1.54, 1.807) is 19.9 Å². The Morgan fingerprint density at radius 2 is 1.76 bits per heavy atom. The molecule has 0 saturated heterocycles. The molecule has 0 heterocycles. The third-order valence-corrected chi connectivity index (χ3v) is 5.07. The number of ether oxygens (including phenoxy) is 1. The Labute approximate surface area is 176 Å². The number of carboxylic acids is 1. The zero-order chi connectivity index (χ0) is 22.4. The lowest BCUT2D eigenvalue weighted by atomic mass is 9.86. The monoisotopic (exact) mass is 408 g/mol. The summed E-state index contributed by atoms with van der Waals surface area (Å²) in [6, 6.07) is 3.64. The highest BCUT2D eigenvalue weighted by Gasteiger charge is 2.17. The van der Waals surface area contributed by atoms with Crippen LogP contribution in [0.3, 0.4) is 0 Å². The highest BCUT2D eigenvalue weighted by atomic mass is 16.5. The number of aromatic carboxylic acids is 1. The van der Waals surface area contributed by atoms with Gasteiger partial charge in [0.1, 0.15) is 6.61 Å². The fraction of sp³-hybridized carbons (Fsp3) is 0.652. The minimum atomic E-state index is -0.820. The summed E-state index contributed by atoms with van der Waals surface area (Å²) >= 11 is 0. The van der Waals surface area contributed by atoms with Crippen molar-refractivity contribution in [2.45, 2.75) is 66.7 Å². The molecule has 1 atom stereocenters. The van der Waals surface area contributed by atoms with Gasteiger partial charge in [-0.15, -0.1) is 0 Å². The lowest BCUT2D eigenvalue weighted by Gasteiger charge is -2.19. The number of hydrogen-bond acceptors (Lipinski definition) is 5. The molecule has 0 aliphatic rings. The van der Waals surface area contributed by atoms with Gasteiger partial charge in [-0.3, -0.25) is 4.79 Å². The standard InChI is InChI=1S/C17H27NO2.C6H13NO2/c1-4-14(7-5-6-10-18)11-16-13(3)12(2)8-9-15(16)17(19)20;1-5(2)6(8)9-4-3-7/h8-9,14H,4-7,10-11,18H2,1-3H3,(H,19,20);5H,3-4,7H2,1-2H3. The number of carbonyl (C=O) groups is 2. The molecular weight excluding hydrogens is 368 g/mol. The van der Waals surface area contributed by atoms with Crippen LogP contribution in [-0.4, -0.2) is 36.7 Å². The Hall–Kier alpha value is -1.92. The van der Waals surface area contributed by atoms with Gasteiger partial charge in [-0.25, -0.2) is 4.79 Å². The highest BCUT2D eigenvalue weighted by molar-refractivity contribution is 5.90. The number of unbranched alkanes of at least 4 members (excludes halogenated alkanes) is 1. The van der Waals surface area contributed by atoms with Crippen molar-refractivity contribution >= 4 is 11.9 Å². The van der Waals surface area contributed by atoms with Crippen molar-refractivity contribution in [3.8, 4) is 0 Å². The number of carbonyl (C=O) groups excluding carboxylic acids is 1. The Morgan fingerprint density at radius 1 is 1.10 bits per heavy atom. The van der Waals surface area contributed by atoms with Crippen LogP contribution >= 0.6 is 0 Å². The minimum Gasteiger partial charge on any atom is -0.478 e. The SMILES string of the molecule is CC(C)C(=O)OCCN.CCC(CCCCN)Cc1c(C(=O)O)ccc(C)c1C. The number of benzene rings is 1. The van der Waals surface area contributed by atoms with E-state index >= 15 is 0 Å². The molecule has 1 unspecified atom stereocenters. The topological polar surface area (TPSA) is 116 Å². The fourth-order valence-corrected chi connectivity index (χ4v) is 2.98. The van der Waals surface area contributed by atoms with E-state index in [4.69, 9.17) is 11.5 Å². The van der Waals surface area contributed by atoms with Crippen molar-refractivity contribution in [1.29, 1.82) is 0 Å². The molecule has 1 rings (SSSR count). The van der Waals surface area contributed by atoms with Gasteiger partial charge in [0.2, 0.25) is 0 Å². The number of hydrogen-bond donors (Lipinski definition) is 3. The molecule has 6 nitrogen and oxygen atoms in total. The van der Waals surface area contributed by atoms with Gasteiger partial charge in [-0.2, -0.15) is 0 Å². The summed E-state index contributed by atoms with van der Waals surface area (Å²) in [6.07, 6.45) is 5.24. The highest BCUT2D eigenvalue weighted by Crippen LogP contribution is 2.25. The summed E-state index contributed by atoms with van der Waals surface area (Å²) < 4.78 is 4.69. The van der Waals surface area contributed by atoms with Crippen molar-refractivity contribution in [2.75, 3.05) is 19.7 Å². The van der Waals surface area contributed by atoms with Crippen LogP contribution in [0.25, 0.3) is 0 Å². The maximum Gasteiger partial charge on any atom is 0.335 e. The van der Waals surface area contributed by atoms with E-state index in [0.29, 0.717) is 24.6 Å². The largest absolute Gasteiger partial charge is 0.478 e. The van der Waals surface area contributed by atoms with E-state index in [2.05, 4.69) is 11.7 Å². The van der Waals surface area contributed by atoms with Crippen LogP contribution in [0.2, 0.25) is 0 Å². The first-order chi connectivity index (χ1) is 13.7. The predicted molar refractivity (Wildman–Crippen MR) is 118 cm³/mol. The maximum atomic E-state index is 11.4. The lowest BCUT2D eigenvalue weighted by molar-refractivity contribution is -0.146. The van der Waals surface area contributed by atoms with Crippen molar-refractivity contribution < 1.29 is 19.4 Å². The van der Waals surface area contributed by atoms with Crippen LogP contribution in [0.15, 0.2) is 12.1 Å². The van der Waals surface area contributed by atoms with Crippen molar-refractivity contribution in [2.24, 2.45) is 23.3 Å². The van der Waals surface area contributed by atoms with Gasteiger partial charge in [-0.1, -0.05) is 46.1 Å². The van der Waals surface area contributed by atoms with Crippen molar-refractivity contribution in [1.82, 2.24) is 0 Å². The summed E-state index contributed by atoms with van der Waals surface area (Å²) in [6.45, 7) is 11.3. The van der Waals surface area contributed by atoms with Crippen LogP contribution in [0.1, 0.15) is 73.5 Å². The molecular formula is C23H40N2O4. The van der Waals surface area contributed by atoms with E-state index in [1.807, 2.05) is 19.9 Å². The average Bonchev–Trinajstić information content (AvgIpc) is 2.68. The summed E-state index contributed by atoms with van der Waals surface area (Å²) in [5.41, 5.74) is 14.4. The number of rotatable bonds is 11. The first-order valence-electron chi connectivity index (χ1n) is 10.6. The number of carboxylic acid groups (broad SMARTS) is 1. The van der Waals surface area contributed by atoms with Crippen LogP contribution in [-0.2, 0) is 16.0 Å². The van der Waals surface area contributed by atoms with Crippen molar-refractivity contribution in [3.05, 3.63) is 34.4 Å². The molecule has 0 saturated carbocycles. The number of aryl methyl sites for hydroxylation is 1. The molecule has 5 N–H and O–H groups in total. The zero-order valence-electron chi connectivity index (χ0n) is 18.8. The third kappa shape index (κ3) is 10.4. The van der Waals surface area contributed by atoms with Crippen LogP contribution < -0.4 is 11.5 Å². The Kier molecular flexibility index (Phi) is 14.0. The normalized spacial score (nSPS) is 11.6. The fourth-order valence-electron chi connectivity index (χ4n) is 2.98. The van der Waals surface area contributed by atoms with Crippen LogP contribution in [0.4, 0.5) is 0 Å². The summed E-state index contributed by atoms with van der Waals surface area (Å²) in [7, 11) is 0. The molecule has 1 aromatic carbocycles. The minimum absolute atomic E-state index is 0.0449. The molecule has 0 aromatic heterocycles. The van der Waals surface area contributed by atoms with Gasteiger partial charge in [0.15, 0.2) is 0 Å². The van der Waals surface area contributed by atoms with E-state index in [0.717, 1.165) is 49.8 Å². The second kappa shape index (κ2) is 15.0. The summed E-state index contributed by atoms with van der Waals surface area (Å²) in [5, 5.41) is 9.36. The summed E-state index contributed by atoms with van der Waals surface area (Å²) in [4.78, 5) is 22.0. The Bertz CT molecular complexity index is 630.